The largest absolute Gasteiger partial charge is 0.478 e. The van der Waals surface area contributed by atoms with Crippen LogP contribution in [0.5, 0.6) is 11.5 Å². The van der Waals surface area contributed by atoms with Gasteiger partial charge in [-0.25, -0.2) is 4.79 Å². The molecule has 0 saturated heterocycles. The molecule has 2 rings (SSSR count). The minimum atomic E-state index is -0.981. The van der Waals surface area contributed by atoms with E-state index in [9.17, 15) is 4.79 Å². The lowest BCUT2D eigenvalue weighted by Gasteiger charge is -2.09. The molecule has 0 aromatic heterocycles. The second kappa shape index (κ2) is 6.91. The summed E-state index contributed by atoms with van der Waals surface area (Å²) in [5.41, 5.74) is 1.91. The highest BCUT2D eigenvalue weighted by atomic mass is 79.9. The number of hydrogen-bond donors (Lipinski definition) is 1. The van der Waals surface area contributed by atoms with Crippen LogP contribution in [-0.2, 0) is 4.79 Å². The van der Waals surface area contributed by atoms with E-state index in [1.807, 2.05) is 25.1 Å². The Bertz CT molecular complexity index is 709. The van der Waals surface area contributed by atoms with E-state index < -0.39 is 5.97 Å². The SMILES string of the molecule is Cc1ccc(Oc2ccc(/C=C/C(=O)O)c(Br)c2)c(Br)c1. The molecule has 2 aromatic rings. The van der Waals surface area contributed by atoms with Gasteiger partial charge in [0.05, 0.1) is 4.47 Å². The average molecular weight is 412 g/mol. The van der Waals surface area contributed by atoms with Crippen molar-refractivity contribution < 1.29 is 14.6 Å². The smallest absolute Gasteiger partial charge is 0.328 e. The predicted octanol–water partition coefficient (Wildman–Crippen LogP) is 5.41. The second-order valence-electron chi connectivity index (χ2n) is 4.39. The molecule has 0 fully saturated rings. The van der Waals surface area contributed by atoms with Crippen LogP contribution in [0.2, 0.25) is 0 Å². The number of hydrogen-bond acceptors (Lipinski definition) is 2. The maximum atomic E-state index is 10.5. The molecule has 0 atom stereocenters. The number of carboxylic acid groups (broad SMARTS) is 1. The summed E-state index contributed by atoms with van der Waals surface area (Å²) in [6, 6.07) is 11.2. The molecule has 0 bridgehead atoms. The minimum Gasteiger partial charge on any atom is -0.478 e. The van der Waals surface area contributed by atoms with Crippen molar-refractivity contribution in [2.75, 3.05) is 0 Å². The van der Waals surface area contributed by atoms with Gasteiger partial charge in [0.15, 0.2) is 0 Å². The number of ether oxygens (including phenoxy) is 1. The Balaban J connectivity index is 2.22. The number of rotatable bonds is 4. The average Bonchev–Trinajstić information content (AvgIpc) is 2.41. The molecule has 1 N–H and O–H groups in total. The molecule has 0 heterocycles. The number of benzene rings is 2. The molecule has 0 spiro atoms. The summed E-state index contributed by atoms with van der Waals surface area (Å²) < 4.78 is 7.46. The van der Waals surface area contributed by atoms with Crippen molar-refractivity contribution in [3.05, 3.63) is 62.5 Å². The van der Waals surface area contributed by atoms with Gasteiger partial charge in [-0.3, -0.25) is 0 Å². The van der Waals surface area contributed by atoms with E-state index in [0.717, 1.165) is 31.9 Å². The molecule has 0 aliphatic heterocycles. The lowest BCUT2D eigenvalue weighted by atomic mass is 10.2. The third kappa shape index (κ3) is 4.44. The first-order chi connectivity index (χ1) is 9.95. The molecule has 0 radical (unpaired) electrons. The zero-order valence-electron chi connectivity index (χ0n) is 11.1. The fraction of sp³-hybridized carbons (Fsp3) is 0.0625. The molecule has 0 saturated carbocycles. The first kappa shape index (κ1) is 15.8. The first-order valence-electron chi connectivity index (χ1n) is 6.10. The van der Waals surface area contributed by atoms with Crippen LogP contribution in [0, 0.1) is 6.92 Å². The summed E-state index contributed by atoms with van der Waals surface area (Å²) in [6.07, 6.45) is 2.62. The normalized spacial score (nSPS) is 10.8. The van der Waals surface area contributed by atoms with Gasteiger partial charge in [-0.15, -0.1) is 0 Å². The van der Waals surface area contributed by atoms with E-state index in [4.69, 9.17) is 9.84 Å². The molecular formula is C16H12Br2O3. The predicted molar refractivity (Wildman–Crippen MR) is 89.8 cm³/mol. The maximum Gasteiger partial charge on any atom is 0.328 e. The van der Waals surface area contributed by atoms with Crippen LogP contribution in [0.4, 0.5) is 0 Å². The summed E-state index contributed by atoms with van der Waals surface area (Å²) in [6.45, 7) is 2.01. The Morgan fingerprint density at radius 3 is 2.52 bits per heavy atom. The van der Waals surface area contributed by atoms with Crippen LogP contribution in [-0.4, -0.2) is 11.1 Å². The van der Waals surface area contributed by atoms with Gasteiger partial charge >= 0.3 is 5.97 Å². The molecule has 108 valence electrons. The molecule has 0 amide bonds. The third-order valence-corrected chi connectivity index (χ3v) is 4.00. The van der Waals surface area contributed by atoms with Crippen LogP contribution in [0.1, 0.15) is 11.1 Å². The fourth-order valence-corrected chi connectivity index (χ4v) is 2.75. The van der Waals surface area contributed by atoms with Crippen molar-refractivity contribution in [1.29, 1.82) is 0 Å². The van der Waals surface area contributed by atoms with Crippen LogP contribution < -0.4 is 4.74 Å². The van der Waals surface area contributed by atoms with Crippen LogP contribution >= 0.6 is 31.9 Å². The zero-order valence-corrected chi connectivity index (χ0v) is 14.3. The highest BCUT2D eigenvalue weighted by molar-refractivity contribution is 9.10. The van der Waals surface area contributed by atoms with E-state index in [0.29, 0.717) is 5.75 Å². The Labute approximate surface area is 139 Å². The van der Waals surface area contributed by atoms with Gasteiger partial charge in [-0.05, 0) is 64.3 Å². The lowest BCUT2D eigenvalue weighted by Crippen LogP contribution is -1.88. The topological polar surface area (TPSA) is 46.5 Å². The van der Waals surface area contributed by atoms with Crippen molar-refractivity contribution in [2.24, 2.45) is 0 Å². The monoisotopic (exact) mass is 410 g/mol. The summed E-state index contributed by atoms with van der Waals surface area (Å²) in [4.78, 5) is 10.5. The van der Waals surface area contributed by atoms with Gasteiger partial charge in [0.25, 0.3) is 0 Å². The third-order valence-electron chi connectivity index (χ3n) is 2.69. The van der Waals surface area contributed by atoms with Crippen molar-refractivity contribution >= 4 is 43.9 Å². The molecule has 21 heavy (non-hydrogen) atoms. The number of aryl methyl sites for hydroxylation is 1. The summed E-state index contributed by atoms with van der Waals surface area (Å²) in [5.74, 6) is 0.408. The van der Waals surface area contributed by atoms with E-state index in [-0.39, 0.29) is 0 Å². The Hall–Kier alpha value is -1.59. The molecule has 0 unspecified atom stereocenters. The van der Waals surface area contributed by atoms with Crippen LogP contribution in [0.15, 0.2) is 51.4 Å². The number of aliphatic carboxylic acids is 1. The molecule has 5 heteroatoms. The molecule has 3 nitrogen and oxygen atoms in total. The van der Waals surface area contributed by atoms with Crippen molar-refractivity contribution in [1.82, 2.24) is 0 Å². The van der Waals surface area contributed by atoms with Gasteiger partial charge in [0.2, 0.25) is 0 Å². The molecule has 2 aromatic carbocycles. The van der Waals surface area contributed by atoms with Gasteiger partial charge in [0, 0.05) is 10.5 Å². The van der Waals surface area contributed by atoms with Gasteiger partial charge < -0.3 is 9.84 Å². The molecular weight excluding hydrogens is 400 g/mol. The lowest BCUT2D eigenvalue weighted by molar-refractivity contribution is -0.131. The maximum absolute atomic E-state index is 10.5. The highest BCUT2D eigenvalue weighted by Crippen LogP contribution is 2.32. The number of carboxylic acids is 1. The quantitative estimate of drug-likeness (QED) is 0.684. The van der Waals surface area contributed by atoms with Crippen LogP contribution in [0.25, 0.3) is 6.08 Å². The zero-order chi connectivity index (χ0) is 15.4. The van der Waals surface area contributed by atoms with Crippen molar-refractivity contribution in [2.45, 2.75) is 6.92 Å². The fourth-order valence-electron chi connectivity index (χ4n) is 1.68. The van der Waals surface area contributed by atoms with E-state index >= 15 is 0 Å². The highest BCUT2D eigenvalue weighted by Gasteiger charge is 2.05. The summed E-state index contributed by atoms with van der Waals surface area (Å²) >= 11 is 6.87. The van der Waals surface area contributed by atoms with Gasteiger partial charge in [-0.1, -0.05) is 28.1 Å². The molecule has 0 aliphatic rings. The van der Waals surface area contributed by atoms with E-state index in [1.54, 1.807) is 18.2 Å². The summed E-state index contributed by atoms with van der Waals surface area (Å²) in [7, 11) is 0. The summed E-state index contributed by atoms with van der Waals surface area (Å²) in [5, 5.41) is 8.64. The molecule has 0 aliphatic carbocycles. The van der Waals surface area contributed by atoms with Gasteiger partial charge in [-0.2, -0.15) is 0 Å². The second-order valence-corrected chi connectivity index (χ2v) is 6.10. The van der Waals surface area contributed by atoms with Crippen LogP contribution in [0.3, 0.4) is 0 Å². The standard InChI is InChI=1S/C16H12Br2O3/c1-10-2-6-15(14(18)8-10)21-12-5-3-11(13(17)9-12)4-7-16(19)20/h2-9H,1H3,(H,19,20)/b7-4+. The first-order valence-corrected chi connectivity index (χ1v) is 7.69. The number of halogens is 2. The van der Waals surface area contributed by atoms with Crippen molar-refractivity contribution in [3.63, 3.8) is 0 Å². The van der Waals surface area contributed by atoms with Gasteiger partial charge in [0.1, 0.15) is 11.5 Å². The van der Waals surface area contributed by atoms with Crippen molar-refractivity contribution in [3.8, 4) is 11.5 Å². The Morgan fingerprint density at radius 2 is 1.90 bits per heavy atom. The van der Waals surface area contributed by atoms with E-state index in [1.165, 1.54) is 6.08 Å². The Kier molecular flexibility index (Phi) is 5.20. The Morgan fingerprint density at radius 1 is 1.14 bits per heavy atom. The van der Waals surface area contributed by atoms with E-state index in [2.05, 4.69) is 31.9 Å². The minimum absolute atomic E-state index is 0.666. The number of carbonyl (C=O) groups is 1.